The second kappa shape index (κ2) is 7.21. The standard InChI is InChI=1S/C20H18O5/c1-13-10-18(22)25-19-16(13)8-9-17(23-11-14(2)21)20(19)24-12-15-6-4-3-5-7-15/h3-10H,11-12H2,1-2H3. The first kappa shape index (κ1) is 16.8. The van der Waals surface area contributed by atoms with Crippen LogP contribution >= 0.6 is 0 Å². The normalized spacial score (nSPS) is 10.6. The molecular weight excluding hydrogens is 320 g/mol. The molecule has 5 heteroatoms. The zero-order chi connectivity index (χ0) is 17.8. The zero-order valence-corrected chi connectivity index (χ0v) is 14.1. The minimum Gasteiger partial charge on any atom is -0.482 e. The van der Waals surface area contributed by atoms with Gasteiger partial charge in [-0.05, 0) is 37.1 Å². The minimum atomic E-state index is -0.460. The van der Waals surface area contributed by atoms with Crippen LogP contribution < -0.4 is 15.1 Å². The van der Waals surface area contributed by atoms with Crippen LogP contribution in [0.2, 0.25) is 0 Å². The van der Waals surface area contributed by atoms with Crippen molar-refractivity contribution >= 4 is 16.8 Å². The molecule has 0 radical (unpaired) electrons. The highest BCUT2D eigenvalue weighted by atomic mass is 16.5. The number of Topliss-reactive ketones (excluding diaryl/α,β-unsaturated/α-hetero) is 1. The zero-order valence-electron chi connectivity index (χ0n) is 14.1. The molecule has 0 saturated heterocycles. The molecule has 3 rings (SSSR count). The fourth-order valence-electron chi connectivity index (χ4n) is 2.50. The Morgan fingerprint density at radius 3 is 2.56 bits per heavy atom. The van der Waals surface area contributed by atoms with E-state index in [0.717, 1.165) is 16.5 Å². The van der Waals surface area contributed by atoms with Crippen molar-refractivity contribution in [2.24, 2.45) is 0 Å². The number of rotatable bonds is 6. The van der Waals surface area contributed by atoms with Crippen LogP contribution in [0.3, 0.4) is 0 Å². The monoisotopic (exact) mass is 338 g/mol. The summed E-state index contributed by atoms with van der Waals surface area (Å²) in [5.74, 6) is 0.579. The summed E-state index contributed by atoms with van der Waals surface area (Å²) in [6, 6.07) is 14.6. The highest BCUT2D eigenvalue weighted by Crippen LogP contribution is 2.36. The second-order valence-corrected chi connectivity index (χ2v) is 5.78. The van der Waals surface area contributed by atoms with E-state index in [2.05, 4.69) is 0 Å². The molecule has 0 atom stereocenters. The van der Waals surface area contributed by atoms with Crippen molar-refractivity contribution in [3.63, 3.8) is 0 Å². The van der Waals surface area contributed by atoms with Gasteiger partial charge >= 0.3 is 5.63 Å². The molecule has 0 fully saturated rings. The number of carbonyl (C=O) groups is 1. The van der Waals surface area contributed by atoms with Crippen LogP contribution in [0.4, 0.5) is 0 Å². The Hall–Kier alpha value is -3.08. The Balaban J connectivity index is 2.04. The summed E-state index contributed by atoms with van der Waals surface area (Å²) < 4.78 is 16.8. The van der Waals surface area contributed by atoms with E-state index >= 15 is 0 Å². The van der Waals surface area contributed by atoms with E-state index in [9.17, 15) is 9.59 Å². The van der Waals surface area contributed by atoms with Crippen molar-refractivity contribution < 1.29 is 18.7 Å². The van der Waals surface area contributed by atoms with Crippen LogP contribution in [0.1, 0.15) is 18.1 Å². The Kier molecular flexibility index (Phi) is 4.84. The first-order valence-electron chi connectivity index (χ1n) is 7.91. The number of hydrogen-bond donors (Lipinski definition) is 0. The largest absolute Gasteiger partial charge is 0.482 e. The van der Waals surface area contributed by atoms with E-state index in [1.807, 2.05) is 37.3 Å². The molecule has 128 valence electrons. The molecule has 0 aliphatic heterocycles. The number of ether oxygens (including phenoxy) is 2. The van der Waals surface area contributed by atoms with Gasteiger partial charge in [-0.25, -0.2) is 4.79 Å². The molecule has 0 bridgehead atoms. The molecule has 25 heavy (non-hydrogen) atoms. The third-order valence-corrected chi connectivity index (χ3v) is 3.69. The average molecular weight is 338 g/mol. The first-order valence-corrected chi connectivity index (χ1v) is 7.91. The Morgan fingerprint density at radius 2 is 1.84 bits per heavy atom. The molecule has 0 spiro atoms. The lowest BCUT2D eigenvalue weighted by atomic mass is 10.1. The van der Waals surface area contributed by atoms with Gasteiger partial charge in [0.2, 0.25) is 5.75 Å². The van der Waals surface area contributed by atoms with Crippen molar-refractivity contribution in [2.75, 3.05) is 6.61 Å². The van der Waals surface area contributed by atoms with Gasteiger partial charge in [-0.2, -0.15) is 0 Å². The maximum atomic E-state index is 11.8. The predicted molar refractivity (Wildman–Crippen MR) is 94.2 cm³/mol. The third-order valence-electron chi connectivity index (χ3n) is 3.69. The molecule has 1 aromatic heterocycles. The lowest BCUT2D eigenvalue weighted by molar-refractivity contribution is -0.118. The lowest BCUT2D eigenvalue weighted by Crippen LogP contribution is -2.09. The van der Waals surface area contributed by atoms with Crippen LogP contribution in [0.5, 0.6) is 11.5 Å². The first-order chi connectivity index (χ1) is 12.0. The van der Waals surface area contributed by atoms with E-state index < -0.39 is 5.63 Å². The summed E-state index contributed by atoms with van der Waals surface area (Å²) in [4.78, 5) is 23.0. The molecular formula is C20H18O5. The molecule has 0 unspecified atom stereocenters. The van der Waals surface area contributed by atoms with Crippen molar-refractivity contribution in [1.82, 2.24) is 0 Å². The van der Waals surface area contributed by atoms with Gasteiger partial charge in [0, 0.05) is 11.5 Å². The Morgan fingerprint density at radius 1 is 1.08 bits per heavy atom. The smallest absolute Gasteiger partial charge is 0.336 e. The van der Waals surface area contributed by atoms with Gasteiger partial charge in [-0.1, -0.05) is 30.3 Å². The van der Waals surface area contributed by atoms with Gasteiger partial charge in [-0.15, -0.1) is 0 Å². The molecule has 0 aliphatic carbocycles. The summed E-state index contributed by atoms with van der Waals surface area (Å²) in [5, 5.41) is 0.762. The SMILES string of the molecule is CC(=O)COc1ccc2c(C)cc(=O)oc2c1OCc1ccccc1. The van der Waals surface area contributed by atoms with Crippen LogP contribution in [0.15, 0.2) is 57.7 Å². The Labute approximate surface area is 144 Å². The summed E-state index contributed by atoms with van der Waals surface area (Å²) >= 11 is 0. The molecule has 0 amide bonds. The molecule has 0 N–H and O–H groups in total. The van der Waals surface area contributed by atoms with Crippen molar-refractivity contribution in [3.8, 4) is 11.5 Å². The highest BCUT2D eigenvalue weighted by Gasteiger charge is 2.16. The molecule has 3 aromatic rings. The topological polar surface area (TPSA) is 65.7 Å². The number of fused-ring (bicyclic) bond motifs is 1. The Bertz CT molecular complexity index is 957. The molecule has 0 aliphatic rings. The van der Waals surface area contributed by atoms with Gasteiger partial charge in [0.1, 0.15) is 13.2 Å². The van der Waals surface area contributed by atoms with E-state index in [-0.39, 0.29) is 19.0 Å². The predicted octanol–water partition coefficient (Wildman–Crippen LogP) is 3.65. The summed E-state index contributed by atoms with van der Waals surface area (Å²) in [5.41, 5.74) is 1.61. The maximum Gasteiger partial charge on any atom is 0.336 e. The molecule has 2 aromatic carbocycles. The number of aryl methyl sites for hydroxylation is 1. The number of ketones is 1. The average Bonchev–Trinajstić information content (AvgIpc) is 2.59. The van der Waals surface area contributed by atoms with Gasteiger partial charge in [0.25, 0.3) is 0 Å². The summed E-state index contributed by atoms with van der Waals surface area (Å²) in [6.07, 6.45) is 0. The molecule has 0 saturated carbocycles. The number of hydrogen-bond acceptors (Lipinski definition) is 5. The number of carbonyl (C=O) groups excluding carboxylic acids is 1. The van der Waals surface area contributed by atoms with Gasteiger partial charge in [0.05, 0.1) is 0 Å². The molecule has 5 nitrogen and oxygen atoms in total. The van der Waals surface area contributed by atoms with Gasteiger partial charge in [0.15, 0.2) is 17.1 Å². The van der Waals surface area contributed by atoms with Crippen molar-refractivity contribution in [2.45, 2.75) is 20.5 Å². The van der Waals surface area contributed by atoms with Crippen LogP contribution in [-0.2, 0) is 11.4 Å². The third kappa shape index (κ3) is 3.88. The lowest BCUT2D eigenvalue weighted by Gasteiger charge is -2.14. The quantitative estimate of drug-likeness (QED) is 0.642. The van der Waals surface area contributed by atoms with Crippen LogP contribution in [-0.4, -0.2) is 12.4 Å². The van der Waals surface area contributed by atoms with Crippen LogP contribution in [0, 0.1) is 6.92 Å². The maximum absolute atomic E-state index is 11.8. The second-order valence-electron chi connectivity index (χ2n) is 5.78. The van der Waals surface area contributed by atoms with E-state index in [1.54, 1.807) is 12.1 Å². The highest BCUT2D eigenvalue weighted by molar-refractivity contribution is 5.88. The van der Waals surface area contributed by atoms with E-state index in [4.69, 9.17) is 13.9 Å². The van der Waals surface area contributed by atoms with E-state index in [1.165, 1.54) is 13.0 Å². The van der Waals surface area contributed by atoms with Crippen LogP contribution in [0.25, 0.3) is 11.0 Å². The number of benzene rings is 2. The summed E-state index contributed by atoms with van der Waals surface area (Å²) in [7, 11) is 0. The minimum absolute atomic E-state index is 0.0801. The fourth-order valence-corrected chi connectivity index (χ4v) is 2.50. The van der Waals surface area contributed by atoms with Gasteiger partial charge in [-0.3, -0.25) is 4.79 Å². The van der Waals surface area contributed by atoms with E-state index in [0.29, 0.717) is 17.1 Å². The summed E-state index contributed by atoms with van der Waals surface area (Å²) in [6.45, 7) is 3.48. The fraction of sp³-hybridized carbons (Fsp3) is 0.200. The van der Waals surface area contributed by atoms with Crippen molar-refractivity contribution in [1.29, 1.82) is 0 Å². The van der Waals surface area contributed by atoms with Crippen molar-refractivity contribution in [3.05, 3.63) is 70.1 Å². The molecule has 1 heterocycles. The van der Waals surface area contributed by atoms with Gasteiger partial charge < -0.3 is 13.9 Å².